The van der Waals surface area contributed by atoms with Crippen LogP contribution in [0.25, 0.3) is 44.1 Å². The van der Waals surface area contributed by atoms with E-state index in [0.717, 1.165) is 36.4 Å². The van der Waals surface area contributed by atoms with E-state index in [4.69, 9.17) is 0 Å². The molecule has 0 aliphatic heterocycles. The van der Waals surface area contributed by atoms with Gasteiger partial charge in [0.2, 0.25) is 0 Å². The molecule has 0 amide bonds. The Bertz CT molecular complexity index is 2510. The Morgan fingerprint density at radius 2 is 1.02 bits per heavy atom. The Kier molecular flexibility index (Phi) is 6.50. The van der Waals surface area contributed by atoms with Gasteiger partial charge >= 0.3 is 0 Å². The highest BCUT2D eigenvalue weighted by atomic mass is 15.4. The minimum absolute atomic E-state index is 0.390. The molecule has 0 radical (unpaired) electrons. The molecule has 3 heteroatoms. The first-order chi connectivity index (χ1) is 24.8. The SMILES string of the molecule is CCCCNn1c2ccccc2c2cc(N(c3ccccc3)c3ccc4c(c3)C3(c5ccccc5-c5ccccc53)c3ccccc3-4)ccc21. The van der Waals surface area contributed by atoms with Crippen LogP contribution in [0.2, 0.25) is 0 Å². The molecule has 2 aliphatic carbocycles. The lowest BCUT2D eigenvalue weighted by atomic mass is 9.70. The maximum absolute atomic E-state index is 3.71. The molecule has 50 heavy (non-hydrogen) atoms. The first kappa shape index (κ1) is 28.9. The number of unbranched alkanes of at least 4 members (excludes halogenated alkanes) is 1. The zero-order valence-electron chi connectivity index (χ0n) is 28.1. The number of para-hydroxylation sites is 2. The zero-order chi connectivity index (χ0) is 33.2. The molecule has 7 aromatic carbocycles. The molecule has 8 aromatic rings. The summed E-state index contributed by atoms with van der Waals surface area (Å²) in [5, 5.41) is 2.50. The summed E-state index contributed by atoms with van der Waals surface area (Å²) in [6.45, 7) is 3.18. The van der Waals surface area contributed by atoms with E-state index in [0.29, 0.717) is 0 Å². The largest absolute Gasteiger partial charge is 0.325 e. The molecule has 1 heterocycles. The van der Waals surface area contributed by atoms with Crippen LogP contribution < -0.4 is 10.3 Å². The normalized spacial score (nSPS) is 13.3. The number of fused-ring (bicyclic) bond motifs is 13. The molecule has 0 saturated carbocycles. The predicted octanol–water partition coefficient (Wildman–Crippen LogP) is 12.0. The fourth-order valence-corrected chi connectivity index (χ4v) is 8.88. The van der Waals surface area contributed by atoms with Gasteiger partial charge in [0.15, 0.2) is 0 Å². The van der Waals surface area contributed by atoms with E-state index in [-0.39, 0.29) is 5.41 Å². The molecule has 0 atom stereocenters. The zero-order valence-corrected chi connectivity index (χ0v) is 28.1. The van der Waals surface area contributed by atoms with Crippen LogP contribution in [-0.2, 0) is 5.41 Å². The second-order valence-electron chi connectivity index (χ2n) is 13.6. The molecule has 1 spiro atoms. The highest BCUT2D eigenvalue weighted by molar-refractivity contribution is 6.10. The summed E-state index contributed by atoms with van der Waals surface area (Å²) in [5.41, 5.74) is 19.8. The summed E-state index contributed by atoms with van der Waals surface area (Å²) in [6, 6.07) is 60.7. The lowest BCUT2D eigenvalue weighted by Gasteiger charge is -2.32. The standard InChI is InChI=1S/C47H37N3/c1-2-3-29-48-50-45-24-14-10-20-39(45)40-30-33(26-28-46(40)50)49(32-15-5-4-6-16-32)34-25-27-38-37-19-9-13-23-43(37)47(44(38)31-34)41-21-11-7-17-35(41)36-18-8-12-22-42(36)47/h4-28,30-31,48H,2-3,29H2,1H3. The number of nitrogens with zero attached hydrogens (tertiary/aromatic N) is 2. The van der Waals surface area contributed by atoms with Crippen LogP contribution in [-0.4, -0.2) is 11.2 Å². The number of anilines is 3. The third-order valence-corrected chi connectivity index (χ3v) is 11.0. The van der Waals surface area contributed by atoms with E-state index in [2.05, 4.69) is 186 Å². The van der Waals surface area contributed by atoms with Gasteiger partial charge in [-0.05, 0) is 99.5 Å². The van der Waals surface area contributed by atoms with Crippen LogP contribution >= 0.6 is 0 Å². The fourth-order valence-electron chi connectivity index (χ4n) is 8.88. The molecule has 10 rings (SSSR count). The van der Waals surface area contributed by atoms with Gasteiger partial charge in [-0.3, -0.25) is 4.68 Å². The summed E-state index contributed by atoms with van der Waals surface area (Å²) < 4.78 is 2.28. The lowest BCUT2D eigenvalue weighted by Crippen LogP contribution is -2.26. The number of aromatic nitrogens is 1. The van der Waals surface area contributed by atoms with Gasteiger partial charge in [-0.25, -0.2) is 0 Å². The van der Waals surface area contributed by atoms with Crippen molar-refractivity contribution in [3.8, 4) is 22.3 Å². The van der Waals surface area contributed by atoms with Crippen molar-refractivity contribution in [3.63, 3.8) is 0 Å². The molecule has 240 valence electrons. The van der Waals surface area contributed by atoms with Crippen molar-refractivity contribution in [2.24, 2.45) is 0 Å². The number of nitrogens with one attached hydrogen (secondary N) is 1. The van der Waals surface area contributed by atoms with E-state index in [1.807, 2.05) is 0 Å². The average Bonchev–Trinajstić information content (AvgIpc) is 3.77. The van der Waals surface area contributed by atoms with E-state index in [1.54, 1.807) is 0 Å². The van der Waals surface area contributed by atoms with Crippen LogP contribution in [0.1, 0.15) is 42.0 Å². The second kappa shape index (κ2) is 11.2. The van der Waals surface area contributed by atoms with Gasteiger partial charge in [0, 0.05) is 34.4 Å². The Morgan fingerprint density at radius 1 is 0.480 bits per heavy atom. The maximum atomic E-state index is 3.71. The van der Waals surface area contributed by atoms with Gasteiger partial charge in [-0.1, -0.05) is 129 Å². The van der Waals surface area contributed by atoms with Gasteiger partial charge in [-0.2, -0.15) is 0 Å². The predicted molar refractivity (Wildman–Crippen MR) is 210 cm³/mol. The van der Waals surface area contributed by atoms with E-state index < -0.39 is 0 Å². The van der Waals surface area contributed by atoms with E-state index >= 15 is 0 Å². The van der Waals surface area contributed by atoms with E-state index in [1.165, 1.54) is 66.3 Å². The maximum Gasteiger partial charge on any atom is 0.0726 e. The van der Waals surface area contributed by atoms with Gasteiger partial charge in [-0.15, -0.1) is 0 Å². The van der Waals surface area contributed by atoms with E-state index in [9.17, 15) is 0 Å². The minimum atomic E-state index is -0.390. The molecule has 1 N–H and O–H groups in total. The van der Waals surface area contributed by atoms with Gasteiger partial charge in [0.25, 0.3) is 0 Å². The van der Waals surface area contributed by atoms with Crippen molar-refractivity contribution in [2.45, 2.75) is 25.2 Å². The Hall–Kier alpha value is -6.06. The monoisotopic (exact) mass is 643 g/mol. The molecule has 0 bridgehead atoms. The number of benzene rings is 7. The third-order valence-electron chi connectivity index (χ3n) is 11.0. The number of rotatable bonds is 7. The Labute approximate surface area is 293 Å². The van der Waals surface area contributed by atoms with Crippen molar-refractivity contribution in [3.05, 3.63) is 186 Å². The minimum Gasteiger partial charge on any atom is -0.325 e. The van der Waals surface area contributed by atoms with Gasteiger partial charge < -0.3 is 10.3 Å². The molecular weight excluding hydrogens is 607 g/mol. The molecule has 0 unspecified atom stereocenters. The molecule has 0 saturated heterocycles. The van der Waals surface area contributed by atoms with Gasteiger partial charge in [0.05, 0.1) is 16.4 Å². The van der Waals surface area contributed by atoms with Crippen molar-refractivity contribution in [2.75, 3.05) is 16.9 Å². The average molecular weight is 644 g/mol. The molecular formula is C47H37N3. The summed E-state index contributed by atoms with van der Waals surface area (Å²) in [5.74, 6) is 0. The van der Waals surface area contributed by atoms with Crippen LogP contribution in [0.5, 0.6) is 0 Å². The first-order valence-electron chi connectivity index (χ1n) is 17.8. The third kappa shape index (κ3) is 3.98. The smallest absolute Gasteiger partial charge is 0.0726 e. The Balaban J connectivity index is 1.21. The highest BCUT2D eigenvalue weighted by Gasteiger charge is 2.51. The van der Waals surface area contributed by atoms with Crippen LogP contribution in [0, 0.1) is 0 Å². The first-order valence-corrected chi connectivity index (χ1v) is 17.8. The van der Waals surface area contributed by atoms with Crippen LogP contribution in [0.4, 0.5) is 17.1 Å². The summed E-state index contributed by atoms with van der Waals surface area (Å²) in [7, 11) is 0. The quantitative estimate of drug-likeness (QED) is 0.174. The van der Waals surface area contributed by atoms with Crippen molar-refractivity contribution >= 4 is 38.9 Å². The van der Waals surface area contributed by atoms with Crippen molar-refractivity contribution < 1.29 is 0 Å². The number of hydrogen-bond acceptors (Lipinski definition) is 2. The lowest BCUT2D eigenvalue weighted by molar-refractivity contribution is 0.775. The molecule has 0 fully saturated rings. The Morgan fingerprint density at radius 3 is 1.70 bits per heavy atom. The highest BCUT2D eigenvalue weighted by Crippen LogP contribution is 2.63. The van der Waals surface area contributed by atoms with Crippen LogP contribution in [0.3, 0.4) is 0 Å². The van der Waals surface area contributed by atoms with Gasteiger partial charge in [0.1, 0.15) is 0 Å². The molecule has 2 aliphatic rings. The van der Waals surface area contributed by atoms with Crippen LogP contribution in [0.15, 0.2) is 164 Å². The molecule has 1 aromatic heterocycles. The summed E-state index contributed by atoms with van der Waals surface area (Å²) >= 11 is 0. The summed E-state index contributed by atoms with van der Waals surface area (Å²) in [4.78, 5) is 2.43. The molecule has 3 nitrogen and oxygen atoms in total. The van der Waals surface area contributed by atoms with Crippen molar-refractivity contribution in [1.82, 2.24) is 4.68 Å². The topological polar surface area (TPSA) is 20.2 Å². The van der Waals surface area contributed by atoms with Crippen molar-refractivity contribution in [1.29, 1.82) is 0 Å². The number of hydrogen-bond donors (Lipinski definition) is 1. The summed E-state index contributed by atoms with van der Waals surface area (Å²) in [6.07, 6.45) is 2.29. The second-order valence-corrected chi connectivity index (χ2v) is 13.6. The fraction of sp³-hybridized carbons (Fsp3) is 0.106.